The van der Waals surface area contributed by atoms with Crippen LogP contribution in [0.4, 0.5) is 17.3 Å². The minimum absolute atomic E-state index is 0.259. The molecule has 26 heavy (non-hydrogen) atoms. The Balaban J connectivity index is 1.75. The molecule has 5 heteroatoms. The molecule has 132 valence electrons. The molecule has 0 saturated heterocycles. The molecule has 0 unspecified atom stereocenters. The van der Waals surface area contributed by atoms with Gasteiger partial charge in [0.2, 0.25) is 5.95 Å². The van der Waals surface area contributed by atoms with E-state index in [-0.39, 0.29) is 5.91 Å². The van der Waals surface area contributed by atoms with Crippen molar-refractivity contribution in [2.45, 2.75) is 27.2 Å². The first-order valence-electron chi connectivity index (χ1n) is 8.63. The van der Waals surface area contributed by atoms with Crippen LogP contribution in [0.2, 0.25) is 0 Å². The molecular weight excluding hydrogens is 324 g/mol. The highest BCUT2D eigenvalue weighted by Crippen LogP contribution is 2.18. The van der Waals surface area contributed by atoms with E-state index in [1.54, 1.807) is 12.3 Å². The molecule has 2 N–H and O–H groups in total. The standard InChI is InChI=1S/C21H22N4O/c1-4-16-7-9-17(10-8-16)23-21-22-12-11-18(25-21)20(26)24-19-13-14(2)5-6-15(19)3/h5-13H,4H2,1-3H3,(H,24,26)(H,22,23,25). The van der Waals surface area contributed by atoms with E-state index >= 15 is 0 Å². The van der Waals surface area contributed by atoms with E-state index in [4.69, 9.17) is 0 Å². The van der Waals surface area contributed by atoms with Gasteiger partial charge in [0.25, 0.3) is 5.91 Å². The Labute approximate surface area is 153 Å². The van der Waals surface area contributed by atoms with E-state index in [0.29, 0.717) is 11.6 Å². The summed E-state index contributed by atoms with van der Waals surface area (Å²) in [7, 11) is 0. The molecule has 1 aromatic heterocycles. The number of rotatable bonds is 5. The van der Waals surface area contributed by atoms with Crippen molar-refractivity contribution in [3.05, 3.63) is 77.1 Å². The number of carbonyl (C=O) groups excluding carboxylic acids is 1. The third kappa shape index (κ3) is 4.25. The number of hydrogen-bond donors (Lipinski definition) is 2. The average Bonchev–Trinajstić information content (AvgIpc) is 2.65. The van der Waals surface area contributed by atoms with Crippen molar-refractivity contribution in [1.29, 1.82) is 0 Å². The van der Waals surface area contributed by atoms with Crippen molar-refractivity contribution < 1.29 is 4.79 Å². The number of anilines is 3. The normalized spacial score (nSPS) is 10.4. The molecule has 0 radical (unpaired) electrons. The first-order valence-corrected chi connectivity index (χ1v) is 8.63. The maximum absolute atomic E-state index is 12.5. The number of aryl methyl sites for hydroxylation is 3. The zero-order valence-corrected chi connectivity index (χ0v) is 15.2. The smallest absolute Gasteiger partial charge is 0.274 e. The van der Waals surface area contributed by atoms with Gasteiger partial charge in [-0.05, 0) is 61.2 Å². The van der Waals surface area contributed by atoms with Crippen LogP contribution in [-0.2, 0) is 6.42 Å². The highest BCUT2D eigenvalue weighted by Gasteiger charge is 2.11. The summed E-state index contributed by atoms with van der Waals surface area (Å²) in [6.07, 6.45) is 2.57. The van der Waals surface area contributed by atoms with Crippen LogP contribution < -0.4 is 10.6 Å². The van der Waals surface area contributed by atoms with Crippen molar-refractivity contribution in [2.24, 2.45) is 0 Å². The quantitative estimate of drug-likeness (QED) is 0.705. The molecule has 1 heterocycles. The SMILES string of the molecule is CCc1ccc(Nc2nccc(C(=O)Nc3cc(C)ccc3C)n2)cc1. The van der Waals surface area contributed by atoms with Gasteiger partial charge in [0, 0.05) is 17.6 Å². The Morgan fingerprint density at radius 2 is 1.81 bits per heavy atom. The van der Waals surface area contributed by atoms with Crippen LogP contribution in [0.15, 0.2) is 54.7 Å². The summed E-state index contributed by atoms with van der Waals surface area (Å²) in [6.45, 7) is 6.07. The maximum Gasteiger partial charge on any atom is 0.274 e. The Morgan fingerprint density at radius 1 is 1.04 bits per heavy atom. The van der Waals surface area contributed by atoms with Crippen LogP contribution in [0.25, 0.3) is 0 Å². The maximum atomic E-state index is 12.5. The van der Waals surface area contributed by atoms with Gasteiger partial charge in [-0.2, -0.15) is 0 Å². The van der Waals surface area contributed by atoms with Crippen molar-refractivity contribution in [2.75, 3.05) is 10.6 Å². The van der Waals surface area contributed by atoms with Crippen LogP contribution >= 0.6 is 0 Å². The molecule has 0 spiro atoms. The minimum Gasteiger partial charge on any atom is -0.324 e. The molecule has 0 atom stereocenters. The Kier molecular flexibility index (Phi) is 5.27. The third-order valence-corrected chi connectivity index (χ3v) is 4.15. The Hall–Kier alpha value is -3.21. The molecule has 3 aromatic rings. The van der Waals surface area contributed by atoms with Crippen molar-refractivity contribution in [1.82, 2.24) is 9.97 Å². The number of benzene rings is 2. The fourth-order valence-corrected chi connectivity index (χ4v) is 2.56. The fourth-order valence-electron chi connectivity index (χ4n) is 2.56. The second-order valence-corrected chi connectivity index (χ2v) is 6.21. The van der Waals surface area contributed by atoms with Crippen LogP contribution in [0, 0.1) is 13.8 Å². The summed E-state index contributed by atoms with van der Waals surface area (Å²) in [4.78, 5) is 21.1. The van der Waals surface area contributed by atoms with Crippen molar-refractivity contribution in [3.8, 4) is 0 Å². The number of hydrogen-bond acceptors (Lipinski definition) is 4. The minimum atomic E-state index is -0.259. The predicted octanol–water partition coefficient (Wildman–Crippen LogP) is 4.65. The topological polar surface area (TPSA) is 66.9 Å². The molecule has 0 aliphatic carbocycles. The van der Waals surface area contributed by atoms with Gasteiger partial charge in [-0.1, -0.05) is 31.2 Å². The summed E-state index contributed by atoms with van der Waals surface area (Å²) in [5.74, 6) is 0.133. The lowest BCUT2D eigenvalue weighted by atomic mass is 10.1. The number of amides is 1. The summed E-state index contributed by atoms with van der Waals surface area (Å²) >= 11 is 0. The molecule has 0 aliphatic rings. The fraction of sp³-hybridized carbons (Fsp3) is 0.190. The Morgan fingerprint density at radius 3 is 2.54 bits per heavy atom. The lowest BCUT2D eigenvalue weighted by molar-refractivity contribution is 0.102. The zero-order valence-electron chi connectivity index (χ0n) is 15.2. The lowest BCUT2D eigenvalue weighted by Crippen LogP contribution is -2.15. The summed E-state index contributed by atoms with van der Waals surface area (Å²) < 4.78 is 0. The van der Waals surface area contributed by atoms with Gasteiger partial charge < -0.3 is 10.6 Å². The molecule has 1 amide bonds. The van der Waals surface area contributed by atoms with Gasteiger partial charge in [-0.3, -0.25) is 4.79 Å². The molecular formula is C21H22N4O. The van der Waals surface area contributed by atoms with E-state index in [1.807, 2.05) is 44.2 Å². The third-order valence-electron chi connectivity index (χ3n) is 4.15. The summed E-state index contributed by atoms with van der Waals surface area (Å²) in [6, 6.07) is 15.6. The van der Waals surface area contributed by atoms with Crippen molar-refractivity contribution in [3.63, 3.8) is 0 Å². The number of aromatic nitrogens is 2. The summed E-state index contributed by atoms with van der Waals surface area (Å²) in [5.41, 5.74) is 5.35. The highest BCUT2D eigenvalue weighted by molar-refractivity contribution is 6.03. The average molecular weight is 346 g/mol. The van der Waals surface area contributed by atoms with E-state index in [1.165, 1.54) is 5.56 Å². The number of nitrogens with one attached hydrogen (secondary N) is 2. The van der Waals surface area contributed by atoms with E-state index in [0.717, 1.165) is 28.9 Å². The molecule has 3 rings (SSSR count). The Bertz CT molecular complexity index is 920. The molecule has 0 aliphatic heterocycles. The highest BCUT2D eigenvalue weighted by atomic mass is 16.1. The number of carbonyl (C=O) groups is 1. The lowest BCUT2D eigenvalue weighted by Gasteiger charge is -2.10. The molecule has 0 saturated carbocycles. The van der Waals surface area contributed by atoms with Crippen LogP contribution in [0.5, 0.6) is 0 Å². The largest absolute Gasteiger partial charge is 0.324 e. The van der Waals surface area contributed by atoms with Crippen molar-refractivity contribution >= 4 is 23.2 Å². The van der Waals surface area contributed by atoms with Crippen LogP contribution in [0.3, 0.4) is 0 Å². The van der Waals surface area contributed by atoms with E-state index in [2.05, 4.69) is 39.7 Å². The van der Waals surface area contributed by atoms with Gasteiger partial charge in [0.15, 0.2) is 0 Å². The first kappa shape index (κ1) is 17.6. The first-order chi connectivity index (χ1) is 12.5. The second-order valence-electron chi connectivity index (χ2n) is 6.21. The molecule has 2 aromatic carbocycles. The van der Waals surface area contributed by atoms with Gasteiger partial charge in [-0.25, -0.2) is 9.97 Å². The van der Waals surface area contributed by atoms with Gasteiger partial charge in [-0.15, -0.1) is 0 Å². The van der Waals surface area contributed by atoms with E-state index in [9.17, 15) is 4.79 Å². The predicted molar refractivity (Wildman–Crippen MR) is 105 cm³/mol. The monoisotopic (exact) mass is 346 g/mol. The molecule has 5 nitrogen and oxygen atoms in total. The molecule has 0 fully saturated rings. The van der Waals surface area contributed by atoms with Crippen LogP contribution in [-0.4, -0.2) is 15.9 Å². The van der Waals surface area contributed by atoms with Gasteiger partial charge in [0.1, 0.15) is 5.69 Å². The summed E-state index contributed by atoms with van der Waals surface area (Å²) in [5, 5.41) is 6.05. The zero-order chi connectivity index (χ0) is 18.5. The van der Waals surface area contributed by atoms with Crippen LogP contribution in [0.1, 0.15) is 34.1 Å². The van der Waals surface area contributed by atoms with E-state index < -0.39 is 0 Å². The molecule has 0 bridgehead atoms. The van der Waals surface area contributed by atoms with Gasteiger partial charge >= 0.3 is 0 Å². The number of nitrogens with zero attached hydrogens (tertiary/aromatic N) is 2. The van der Waals surface area contributed by atoms with Gasteiger partial charge in [0.05, 0.1) is 0 Å². The second kappa shape index (κ2) is 7.78.